The molecule has 3 aromatic rings. The Morgan fingerprint density at radius 1 is 1.04 bits per heavy atom. The molecular weight excluding hydrogens is 606 g/mol. The first-order chi connectivity index (χ1) is 22.6. The van der Waals surface area contributed by atoms with Gasteiger partial charge in [0.1, 0.15) is 29.9 Å². The topological polar surface area (TPSA) is 97.3 Å². The normalized spacial score (nSPS) is 28.4. The SMILES string of the molecule is CC1(F)C=CC(C2(CC3CC3(C(=O)N3C(=O)OC[C@@H]3c3ccccc3)C(Nc3ccc(F)cc3)c3ccc(O)cc3)OCCO2)=CC1. The van der Waals surface area contributed by atoms with Gasteiger partial charge < -0.3 is 24.6 Å². The summed E-state index contributed by atoms with van der Waals surface area (Å²) in [5.74, 6) is -2.37. The number of aromatic hydroxyl groups is 1. The predicted molar refractivity (Wildman–Crippen MR) is 169 cm³/mol. The molecule has 3 fully saturated rings. The second-order valence-corrected chi connectivity index (χ2v) is 12.9. The number of anilines is 1. The van der Waals surface area contributed by atoms with Crippen molar-refractivity contribution >= 4 is 17.7 Å². The summed E-state index contributed by atoms with van der Waals surface area (Å²) in [6.45, 7) is 2.18. The molecule has 4 aliphatic rings. The highest BCUT2D eigenvalue weighted by molar-refractivity contribution is 5.99. The number of nitrogens with one attached hydrogen (secondary N) is 1. The van der Waals surface area contributed by atoms with Crippen LogP contribution in [-0.4, -0.2) is 53.3 Å². The predicted octanol–water partition coefficient (Wildman–Crippen LogP) is 7.16. The summed E-state index contributed by atoms with van der Waals surface area (Å²) in [4.78, 5) is 29.7. The summed E-state index contributed by atoms with van der Waals surface area (Å²) in [7, 11) is 0. The minimum absolute atomic E-state index is 0.0143. The summed E-state index contributed by atoms with van der Waals surface area (Å²) >= 11 is 0. The van der Waals surface area contributed by atoms with E-state index in [1.807, 2.05) is 30.3 Å². The molecule has 4 unspecified atom stereocenters. The van der Waals surface area contributed by atoms with E-state index >= 15 is 4.79 Å². The third-order valence-corrected chi connectivity index (χ3v) is 9.76. The summed E-state index contributed by atoms with van der Waals surface area (Å²) < 4.78 is 46.7. The number of imide groups is 1. The van der Waals surface area contributed by atoms with Gasteiger partial charge in [0.2, 0.25) is 5.91 Å². The standard InChI is InChI=1S/C37H36F2N2O6/c1-35(39)17-15-26(16-18-35)37(46-19-20-47-37)22-27-21-36(27,33(43)41-31(23-45-34(41)44)24-5-3-2-4-6-24)32(25-7-13-30(42)14-8-25)40-29-11-9-28(38)10-12-29/h2-17,27,31-32,40,42H,18-23H2,1H3/t27?,31-,32?,35?,36?/m1/s1. The number of halogens is 2. The highest BCUT2D eigenvalue weighted by Crippen LogP contribution is 2.66. The number of cyclic esters (lactones) is 1. The van der Waals surface area contributed by atoms with E-state index in [1.54, 1.807) is 36.4 Å². The Balaban J connectivity index is 1.32. The highest BCUT2D eigenvalue weighted by atomic mass is 19.1. The Labute approximate surface area is 271 Å². The van der Waals surface area contributed by atoms with Gasteiger partial charge in [-0.1, -0.05) is 54.6 Å². The molecule has 244 valence electrons. The molecule has 2 heterocycles. The molecule has 0 bridgehead atoms. The van der Waals surface area contributed by atoms with E-state index in [-0.39, 0.29) is 31.1 Å². The molecule has 2 aliphatic heterocycles. The van der Waals surface area contributed by atoms with Crippen molar-refractivity contribution in [1.82, 2.24) is 4.90 Å². The Morgan fingerprint density at radius 3 is 2.40 bits per heavy atom. The molecule has 2 aliphatic carbocycles. The van der Waals surface area contributed by atoms with Gasteiger partial charge in [-0.25, -0.2) is 18.5 Å². The van der Waals surface area contributed by atoms with Crippen LogP contribution < -0.4 is 5.32 Å². The molecule has 1 saturated carbocycles. The van der Waals surface area contributed by atoms with Gasteiger partial charge >= 0.3 is 6.09 Å². The van der Waals surface area contributed by atoms with Crippen LogP contribution in [0.2, 0.25) is 0 Å². The lowest BCUT2D eigenvalue weighted by Crippen LogP contribution is -2.45. The number of amides is 2. The van der Waals surface area contributed by atoms with E-state index in [4.69, 9.17) is 14.2 Å². The van der Waals surface area contributed by atoms with Crippen molar-refractivity contribution in [2.24, 2.45) is 11.3 Å². The van der Waals surface area contributed by atoms with Crippen molar-refractivity contribution in [3.63, 3.8) is 0 Å². The van der Waals surface area contributed by atoms with Gasteiger partial charge in [0.25, 0.3) is 0 Å². The third kappa shape index (κ3) is 5.80. The largest absolute Gasteiger partial charge is 0.508 e. The number of allylic oxidation sites excluding steroid dienone is 2. The number of carbonyl (C=O) groups is 2. The molecule has 5 atom stereocenters. The first kappa shape index (κ1) is 31.1. The lowest BCUT2D eigenvalue weighted by atomic mass is 9.82. The number of nitrogens with zero attached hydrogens (tertiary/aromatic N) is 1. The minimum atomic E-state index is -1.49. The van der Waals surface area contributed by atoms with E-state index in [0.717, 1.165) is 5.56 Å². The Hall–Kier alpha value is -4.54. The van der Waals surface area contributed by atoms with Crippen molar-refractivity contribution in [3.05, 3.63) is 120 Å². The van der Waals surface area contributed by atoms with Crippen LogP contribution in [0.15, 0.2) is 103 Å². The maximum Gasteiger partial charge on any atom is 0.417 e. The average Bonchev–Trinajstić information content (AvgIpc) is 3.35. The molecule has 3 aromatic carbocycles. The molecule has 0 spiro atoms. The number of phenolic OH excluding ortho intramolecular Hbond substituents is 1. The second kappa shape index (κ2) is 11.9. The molecule has 0 aromatic heterocycles. The fourth-order valence-electron chi connectivity index (χ4n) is 7.19. The quantitative estimate of drug-likeness (QED) is 0.256. The number of ether oxygens (including phenoxy) is 3. The van der Waals surface area contributed by atoms with E-state index in [9.17, 15) is 18.7 Å². The number of phenols is 1. The van der Waals surface area contributed by atoms with Gasteiger partial charge in [-0.2, -0.15) is 0 Å². The molecule has 10 heteroatoms. The van der Waals surface area contributed by atoms with Gasteiger partial charge in [0, 0.05) is 24.1 Å². The monoisotopic (exact) mass is 642 g/mol. The maximum absolute atomic E-state index is 15.1. The summed E-state index contributed by atoms with van der Waals surface area (Å²) in [6, 6.07) is 20.3. The van der Waals surface area contributed by atoms with Crippen molar-refractivity contribution < 1.29 is 37.7 Å². The molecule has 47 heavy (non-hydrogen) atoms. The van der Waals surface area contributed by atoms with Crippen molar-refractivity contribution in [3.8, 4) is 5.75 Å². The van der Waals surface area contributed by atoms with Crippen LogP contribution in [0.3, 0.4) is 0 Å². The minimum Gasteiger partial charge on any atom is -0.508 e. The van der Waals surface area contributed by atoms with E-state index in [1.165, 1.54) is 42.2 Å². The fraction of sp³-hybridized carbons (Fsp3) is 0.351. The van der Waals surface area contributed by atoms with E-state index < -0.39 is 46.8 Å². The number of hydrogen-bond donors (Lipinski definition) is 2. The van der Waals surface area contributed by atoms with Gasteiger partial charge in [-0.05, 0) is 72.9 Å². The van der Waals surface area contributed by atoms with Crippen molar-refractivity contribution in [2.45, 2.75) is 49.7 Å². The number of benzene rings is 3. The zero-order valence-electron chi connectivity index (χ0n) is 25.9. The second-order valence-electron chi connectivity index (χ2n) is 12.9. The van der Waals surface area contributed by atoms with Gasteiger partial charge in [-0.3, -0.25) is 4.79 Å². The zero-order valence-corrected chi connectivity index (χ0v) is 25.9. The van der Waals surface area contributed by atoms with Crippen LogP contribution in [0.1, 0.15) is 49.4 Å². The van der Waals surface area contributed by atoms with E-state index in [0.29, 0.717) is 36.5 Å². The number of alkyl halides is 1. The molecular formula is C37H36F2N2O6. The number of rotatable bonds is 9. The maximum atomic E-state index is 15.1. The van der Waals surface area contributed by atoms with Gasteiger partial charge in [0.15, 0.2) is 5.79 Å². The lowest BCUT2D eigenvalue weighted by Gasteiger charge is -2.36. The fourth-order valence-corrected chi connectivity index (χ4v) is 7.19. The van der Waals surface area contributed by atoms with Crippen LogP contribution in [0.4, 0.5) is 19.3 Å². The average molecular weight is 643 g/mol. The van der Waals surface area contributed by atoms with Crippen molar-refractivity contribution in [1.29, 1.82) is 0 Å². The van der Waals surface area contributed by atoms with Crippen LogP contribution in [0.5, 0.6) is 5.75 Å². The van der Waals surface area contributed by atoms with Crippen molar-refractivity contribution in [2.75, 3.05) is 25.1 Å². The van der Waals surface area contributed by atoms with Crippen LogP contribution >= 0.6 is 0 Å². The Morgan fingerprint density at radius 2 is 1.74 bits per heavy atom. The summed E-state index contributed by atoms with van der Waals surface area (Å²) in [5.41, 5.74) is -0.0225. The van der Waals surface area contributed by atoms with Crippen LogP contribution in [0, 0.1) is 17.2 Å². The zero-order chi connectivity index (χ0) is 32.8. The lowest BCUT2D eigenvalue weighted by molar-refractivity contribution is -0.142. The highest BCUT2D eigenvalue weighted by Gasteiger charge is 2.69. The molecule has 2 saturated heterocycles. The molecule has 7 rings (SSSR count). The molecule has 2 amide bonds. The Bertz CT molecular complexity index is 1700. The first-order valence-corrected chi connectivity index (χ1v) is 15.8. The smallest absolute Gasteiger partial charge is 0.417 e. The number of carbonyl (C=O) groups excluding carboxylic acids is 2. The Kier molecular flexibility index (Phi) is 7.88. The number of hydrogen-bond acceptors (Lipinski definition) is 7. The summed E-state index contributed by atoms with van der Waals surface area (Å²) in [6.07, 6.45) is 5.01. The third-order valence-electron chi connectivity index (χ3n) is 9.76. The molecule has 2 N–H and O–H groups in total. The van der Waals surface area contributed by atoms with Gasteiger partial charge in [0.05, 0.1) is 24.7 Å². The first-order valence-electron chi connectivity index (χ1n) is 15.8. The molecule has 0 radical (unpaired) electrons. The molecule has 8 nitrogen and oxygen atoms in total. The van der Waals surface area contributed by atoms with Gasteiger partial charge in [-0.15, -0.1) is 0 Å². The van der Waals surface area contributed by atoms with Crippen LogP contribution in [0.25, 0.3) is 0 Å². The van der Waals surface area contributed by atoms with Crippen LogP contribution in [-0.2, 0) is 19.0 Å². The summed E-state index contributed by atoms with van der Waals surface area (Å²) in [5, 5.41) is 13.6. The van der Waals surface area contributed by atoms with E-state index in [2.05, 4.69) is 5.32 Å².